The minimum atomic E-state index is -4.71. The summed E-state index contributed by atoms with van der Waals surface area (Å²) < 4.78 is 77.1. The quantitative estimate of drug-likeness (QED) is 0.111. The van der Waals surface area contributed by atoms with E-state index in [1.807, 2.05) is 0 Å². The van der Waals surface area contributed by atoms with Gasteiger partial charge in [-0.3, -0.25) is 18.7 Å². The summed E-state index contributed by atoms with van der Waals surface area (Å²) in [6, 6.07) is 0. The van der Waals surface area contributed by atoms with E-state index < -0.39 is 55.6 Å². The molecule has 33 heavy (non-hydrogen) atoms. The zero-order chi connectivity index (χ0) is 25.5. The molecule has 196 valence electrons. The van der Waals surface area contributed by atoms with Crippen molar-refractivity contribution in [2.45, 2.75) is 102 Å². The first-order chi connectivity index (χ1) is 15.3. The molecule has 0 spiro atoms. The first-order valence-corrected chi connectivity index (χ1v) is 14.2. The molecule has 0 bridgehead atoms. The van der Waals surface area contributed by atoms with E-state index >= 15 is 0 Å². The normalized spacial score (nSPS) is 14.9. The molecule has 3 unspecified atom stereocenters. The van der Waals surface area contributed by atoms with Crippen molar-refractivity contribution >= 4 is 32.2 Å². The Labute approximate surface area is 197 Å². The molecule has 0 saturated carbocycles. The van der Waals surface area contributed by atoms with Crippen LogP contribution in [0.5, 0.6) is 0 Å². The Bertz CT molecular complexity index is 778. The van der Waals surface area contributed by atoms with Gasteiger partial charge in [0.2, 0.25) is 6.29 Å². The van der Waals surface area contributed by atoms with Gasteiger partial charge in [-0.25, -0.2) is 0 Å². The summed E-state index contributed by atoms with van der Waals surface area (Å²) >= 11 is 0. The van der Waals surface area contributed by atoms with E-state index in [4.69, 9.17) is 23.3 Å². The van der Waals surface area contributed by atoms with Crippen LogP contribution < -0.4 is 0 Å². The Morgan fingerprint density at radius 1 is 0.727 bits per heavy atom. The van der Waals surface area contributed by atoms with Crippen molar-refractivity contribution in [1.29, 1.82) is 0 Å². The number of ether oxygens (including phenoxy) is 3. The third kappa shape index (κ3) is 15.3. The number of unbranched alkanes of at least 4 members (excludes halogenated alkanes) is 9. The highest BCUT2D eigenvalue weighted by Gasteiger charge is 2.32. The highest BCUT2D eigenvalue weighted by Crippen LogP contribution is 2.12. The Morgan fingerprint density at radius 2 is 1.15 bits per heavy atom. The Morgan fingerprint density at radius 3 is 1.61 bits per heavy atom. The lowest BCUT2D eigenvalue weighted by molar-refractivity contribution is -0.194. The third-order valence-electron chi connectivity index (χ3n) is 4.97. The van der Waals surface area contributed by atoms with E-state index in [2.05, 4.69) is 6.92 Å². The fourth-order valence-corrected chi connectivity index (χ4v) is 3.27. The highest BCUT2D eigenvalue weighted by molar-refractivity contribution is 7.87. The average Bonchev–Trinajstić information content (AvgIpc) is 2.72. The van der Waals surface area contributed by atoms with Crippen LogP contribution in [0.1, 0.15) is 85.0 Å². The monoisotopic (exact) mass is 518 g/mol. The predicted octanol–water partition coefficient (Wildman–Crippen LogP) is 2.89. The zero-order valence-electron chi connectivity index (χ0n) is 19.6. The molecule has 0 aromatic carbocycles. The lowest BCUT2D eigenvalue weighted by atomic mass is 10.1. The molecule has 0 aromatic rings. The molecule has 0 rings (SSSR count). The van der Waals surface area contributed by atoms with Gasteiger partial charge in [-0.1, -0.05) is 64.7 Å². The van der Waals surface area contributed by atoms with E-state index in [0.29, 0.717) is 6.42 Å². The summed E-state index contributed by atoms with van der Waals surface area (Å²) in [6.07, 6.45) is 9.33. The Hall–Kier alpha value is -1.28. The van der Waals surface area contributed by atoms with E-state index in [0.717, 1.165) is 39.5 Å². The van der Waals surface area contributed by atoms with Crippen LogP contribution in [-0.2, 0) is 44.0 Å². The second-order valence-electron chi connectivity index (χ2n) is 7.86. The van der Waals surface area contributed by atoms with E-state index in [1.165, 1.54) is 32.1 Å². The lowest BCUT2D eigenvalue weighted by Crippen LogP contribution is -2.37. The minimum absolute atomic E-state index is 0.111. The standard InChI is InChI=1S/C20H38O11S2/c1-4-5-6-7-8-9-10-11-12-13-14-29-18(31-20(22)17(3)33(26,27)28)15-30-19(21)16(2)32(23,24)25/h16-18H,4-15H2,1-3H3,(H,23,24,25)(H,26,27,28). The van der Waals surface area contributed by atoms with Crippen molar-refractivity contribution < 1.29 is 49.7 Å². The molecule has 0 radical (unpaired) electrons. The molecule has 13 heteroatoms. The fraction of sp³-hybridized carbons (Fsp3) is 0.900. The smallest absolute Gasteiger partial charge is 0.328 e. The molecule has 0 saturated heterocycles. The van der Waals surface area contributed by atoms with E-state index in [9.17, 15) is 26.4 Å². The fourth-order valence-electron chi connectivity index (χ4n) is 2.66. The van der Waals surface area contributed by atoms with Crippen LogP contribution in [0.2, 0.25) is 0 Å². The first-order valence-electron chi connectivity index (χ1n) is 11.2. The molecule has 0 aliphatic rings. The van der Waals surface area contributed by atoms with Crippen molar-refractivity contribution in [3.63, 3.8) is 0 Å². The average molecular weight is 519 g/mol. The van der Waals surface area contributed by atoms with Gasteiger partial charge in [0.25, 0.3) is 20.2 Å². The molecule has 0 amide bonds. The van der Waals surface area contributed by atoms with Crippen molar-refractivity contribution in [2.75, 3.05) is 13.2 Å². The minimum Gasteiger partial charge on any atom is -0.458 e. The first kappa shape index (κ1) is 31.7. The molecular formula is C20H38O11S2. The van der Waals surface area contributed by atoms with Gasteiger partial charge in [0.05, 0.1) is 6.61 Å². The lowest BCUT2D eigenvalue weighted by Gasteiger charge is -2.20. The van der Waals surface area contributed by atoms with Gasteiger partial charge in [-0.05, 0) is 20.3 Å². The third-order valence-corrected chi connectivity index (χ3v) is 7.14. The van der Waals surface area contributed by atoms with Gasteiger partial charge in [-0.2, -0.15) is 16.8 Å². The number of esters is 2. The maximum Gasteiger partial charge on any atom is 0.328 e. The van der Waals surface area contributed by atoms with Crippen LogP contribution in [0.4, 0.5) is 0 Å². The van der Waals surface area contributed by atoms with Crippen LogP contribution in [0.3, 0.4) is 0 Å². The van der Waals surface area contributed by atoms with Crippen LogP contribution in [0.25, 0.3) is 0 Å². The molecule has 2 N–H and O–H groups in total. The number of carbonyl (C=O) groups excluding carboxylic acids is 2. The van der Waals surface area contributed by atoms with E-state index in [-0.39, 0.29) is 6.61 Å². The topological polar surface area (TPSA) is 171 Å². The Balaban J connectivity index is 4.54. The van der Waals surface area contributed by atoms with Crippen molar-refractivity contribution in [3.05, 3.63) is 0 Å². The summed E-state index contributed by atoms with van der Waals surface area (Å²) in [7, 11) is -9.39. The van der Waals surface area contributed by atoms with E-state index in [1.54, 1.807) is 0 Å². The van der Waals surface area contributed by atoms with Crippen molar-refractivity contribution in [1.82, 2.24) is 0 Å². The summed E-state index contributed by atoms with van der Waals surface area (Å²) in [6.45, 7) is 3.38. The maximum absolute atomic E-state index is 11.9. The molecular weight excluding hydrogens is 480 g/mol. The van der Waals surface area contributed by atoms with Gasteiger partial charge >= 0.3 is 11.9 Å². The molecule has 11 nitrogen and oxygen atoms in total. The number of carbonyl (C=O) groups is 2. The number of hydrogen-bond donors (Lipinski definition) is 2. The van der Waals surface area contributed by atoms with Gasteiger partial charge in [-0.15, -0.1) is 0 Å². The van der Waals surface area contributed by atoms with Crippen LogP contribution in [0.15, 0.2) is 0 Å². The Kier molecular flexibility index (Phi) is 15.7. The molecule has 3 atom stereocenters. The molecule has 0 aliphatic heterocycles. The van der Waals surface area contributed by atoms with Crippen molar-refractivity contribution in [3.8, 4) is 0 Å². The van der Waals surface area contributed by atoms with Gasteiger partial charge in [0.15, 0.2) is 17.1 Å². The van der Waals surface area contributed by atoms with Crippen LogP contribution >= 0.6 is 0 Å². The molecule has 0 aromatic heterocycles. The van der Waals surface area contributed by atoms with Gasteiger partial charge in [0, 0.05) is 0 Å². The second-order valence-corrected chi connectivity index (χ2v) is 11.3. The number of hydrogen-bond acceptors (Lipinski definition) is 9. The second kappa shape index (κ2) is 16.4. The van der Waals surface area contributed by atoms with Gasteiger partial charge < -0.3 is 14.2 Å². The van der Waals surface area contributed by atoms with Crippen molar-refractivity contribution in [2.24, 2.45) is 0 Å². The SMILES string of the molecule is CCCCCCCCCCCCOC(COC(=O)C(C)S(=O)(=O)O)OC(=O)C(C)S(=O)(=O)O. The molecule has 0 aliphatic carbocycles. The molecule has 0 heterocycles. The number of rotatable bonds is 19. The van der Waals surface area contributed by atoms with Crippen LogP contribution in [0, 0.1) is 0 Å². The van der Waals surface area contributed by atoms with Crippen LogP contribution in [-0.4, -0.2) is 67.9 Å². The summed E-state index contributed by atoms with van der Waals surface area (Å²) in [5.41, 5.74) is 0. The summed E-state index contributed by atoms with van der Waals surface area (Å²) in [4.78, 5) is 23.7. The summed E-state index contributed by atoms with van der Waals surface area (Å²) in [5, 5.41) is -3.76. The summed E-state index contributed by atoms with van der Waals surface area (Å²) in [5.74, 6) is -2.63. The molecule has 0 fully saturated rings. The highest BCUT2D eigenvalue weighted by atomic mass is 32.2. The zero-order valence-corrected chi connectivity index (χ0v) is 21.2. The largest absolute Gasteiger partial charge is 0.458 e. The van der Waals surface area contributed by atoms with Gasteiger partial charge in [0.1, 0.15) is 0 Å². The predicted molar refractivity (Wildman–Crippen MR) is 121 cm³/mol. The maximum atomic E-state index is 11.9.